The first kappa shape index (κ1) is 11.2. The summed E-state index contributed by atoms with van der Waals surface area (Å²) in [6.45, 7) is 1.68. The average Bonchev–Trinajstić information content (AvgIpc) is 2.47. The smallest absolute Gasteiger partial charge is 0.150 e. The lowest BCUT2D eigenvalue weighted by Crippen LogP contribution is -2.05. The molecule has 0 atom stereocenters. The highest BCUT2D eigenvalue weighted by Crippen LogP contribution is 2.30. The maximum Gasteiger partial charge on any atom is 0.150 e. The summed E-state index contributed by atoms with van der Waals surface area (Å²) in [5, 5.41) is 4.57. The minimum Gasteiger partial charge on any atom is -0.382 e. The van der Waals surface area contributed by atoms with Gasteiger partial charge in [0.15, 0.2) is 0 Å². The van der Waals surface area contributed by atoms with Crippen molar-refractivity contribution in [3.63, 3.8) is 0 Å². The average molecular weight is 260 g/mol. The summed E-state index contributed by atoms with van der Waals surface area (Å²) in [5.74, 6) is -0.329. The zero-order valence-corrected chi connectivity index (χ0v) is 9.85. The van der Waals surface area contributed by atoms with E-state index >= 15 is 0 Å². The minimum absolute atomic E-state index is 0.108. The van der Waals surface area contributed by atoms with E-state index in [0.717, 1.165) is 0 Å². The standard InChI is InChI=1S/C10H8Cl2FN3/c1-5-8(12)10(14)16(15-5)9-6(11)3-2-4-7(9)13/h2-4H,14H2,1H3. The van der Waals surface area contributed by atoms with Crippen molar-refractivity contribution in [3.05, 3.63) is 39.8 Å². The predicted molar refractivity (Wildman–Crippen MR) is 62.7 cm³/mol. The molecule has 0 amide bonds. The van der Waals surface area contributed by atoms with Crippen molar-refractivity contribution >= 4 is 29.0 Å². The number of hydrogen-bond acceptors (Lipinski definition) is 2. The van der Waals surface area contributed by atoms with Gasteiger partial charge in [-0.3, -0.25) is 0 Å². The summed E-state index contributed by atoms with van der Waals surface area (Å²) >= 11 is 11.8. The lowest BCUT2D eigenvalue weighted by Gasteiger charge is -2.07. The molecular formula is C10H8Cl2FN3. The molecule has 0 aliphatic carbocycles. The van der Waals surface area contributed by atoms with Crippen LogP contribution in [-0.4, -0.2) is 9.78 Å². The highest BCUT2D eigenvalue weighted by molar-refractivity contribution is 6.34. The number of aryl methyl sites for hydroxylation is 1. The first-order valence-electron chi connectivity index (χ1n) is 4.47. The van der Waals surface area contributed by atoms with Crippen LogP contribution in [0.5, 0.6) is 0 Å². The normalized spacial score (nSPS) is 10.8. The summed E-state index contributed by atoms with van der Waals surface area (Å²) in [7, 11) is 0. The molecule has 1 aromatic carbocycles. The highest BCUT2D eigenvalue weighted by atomic mass is 35.5. The molecule has 1 heterocycles. The Morgan fingerprint density at radius 1 is 1.38 bits per heavy atom. The maximum atomic E-state index is 13.6. The Kier molecular flexibility index (Phi) is 2.78. The second-order valence-corrected chi connectivity index (χ2v) is 4.05. The van der Waals surface area contributed by atoms with Crippen molar-refractivity contribution in [1.82, 2.24) is 9.78 Å². The number of halogens is 3. The van der Waals surface area contributed by atoms with Gasteiger partial charge in [0.2, 0.25) is 0 Å². The van der Waals surface area contributed by atoms with Crippen LogP contribution in [0.1, 0.15) is 5.69 Å². The molecule has 84 valence electrons. The summed E-state index contributed by atoms with van der Waals surface area (Å²) in [4.78, 5) is 0. The Balaban J connectivity index is 2.72. The van der Waals surface area contributed by atoms with Crippen molar-refractivity contribution in [1.29, 1.82) is 0 Å². The third-order valence-electron chi connectivity index (χ3n) is 2.17. The first-order valence-corrected chi connectivity index (χ1v) is 5.23. The number of nitrogen functional groups attached to an aromatic ring is 1. The van der Waals surface area contributed by atoms with E-state index in [4.69, 9.17) is 28.9 Å². The van der Waals surface area contributed by atoms with Gasteiger partial charge in [-0.1, -0.05) is 29.3 Å². The Morgan fingerprint density at radius 2 is 2.06 bits per heavy atom. The molecule has 0 unspecified atom stereocenters. The second-order valence-electron chi connectivity index (χ2n) is 3.27. The van der Waals surface area contributed by atoms with E-state index < -0.39 is 5.82 Å². The van der Waals surface area contributed by atoms with Gasteiger partial charge >= 0.3 is 0 Å². The molecule has 2 N–H and O–H groups in total. The molecule has 0 spiro atoms. The van der Waals surface area contributed by atoms with Crippen molar-refractivity contribution in [2.75, 3.05) is 5.73 Å². The number of nitrogens with two attached hydrogens (primary N) is 1. The second kappa shape index (κ2) is 3.96. The van der Waals surface area contributed by atoms with Gasteiger partial charge in [-0.2, -0.15) is 5.10 Å². The number of anilines is 1. The van der Waals surface area contributed by atoms with Gasteiger partial charge < -0.3 is 5.73 Å². The number of nitrogens with zero attached hydrogens (tertiary/aromatic N) is 2. The minimum atomic E-state index is -0.502. The molecule has 0 fully saturated rings. The van der Waals surface area contributed by atoms with Gasteiger partial charge in [-0.05, 0) is 19.1 Å². The fourth-order valence-corrected chi connectivity index (χ4v) is 1.75. The Hall–Kier alpha value is -1.26. The molecule has 0 saturated heterocycles. The Labute approximate surface area is 102 Å². The molecule has 2 aromatic rings. The van der Waals surface area contributed by atoms with E-state index in [0.29, 0.717) is 10.7 Å². The summed E-state index contributed by atoms with van der Waals surface area (Å²) < 4.78 is 14.8. The van der Waals surface area contributed by atoms with Crippen molar-refractivity contribution in [2.24, 2.45) is 0 Å². The lowest BCUT2D eigenvalue weighted by molar-refractivity contribution is 0.611. The molecule has 0 saturated carbocycles. The third-order valence-corrected chi connectivity index (χ3v) is 2.94. The summed E-state index contributed by atoms with van der Waals surface area (Å²) in [6.07, 6.45) is 0. The molecular weight excluding hydrogens is 252 g/mol. The number of rotatable bonds is 1. The highest BCUT2D eigenvalue weighted by Gasteiger charge is 2.16. The maximum absolute atomic E-state index is 13.6. The monoisotopic (exact) mass is 259 g/mol. The number of para-hydroxylation sites is 1. The zero-order valence-electron chi connectivity index (χ0n) is 8.34. The van der Waals surface area contributed by atoms with E-state index in [1.165, 1.54) is 16.8 Å². The van der Waals surface area contributed by atoms with Crippen molar-refractivity contribution in [3.8, 4) is 5.69 Å². The van der Waals surface area contributed by atoms with E-state index in [1.54, 1.807) is 13.0 Å². The quantitative estimate of drug-likeness (QED) is 0.855. The van der Waals surface area contributed by atoms with E-state index in [1.807, 2.05) is 0 Å². The predicted octanol–water partition coefficient (Wildman–Crippen LogP) is 3.21. The molecule has 1 aromatic heterocycles. The molecule has 2 rings (SSSR count). The topological polar surface area (TPSA) is 43.8 Å². The molecule has 16 heavy (non-hydrogen) atoms. The van der Waals surface area contributed by atoms with Crippen LogP contribution in [0.25, 0.3) is 5.69 Å². The van der Waals surface area contributed by atoms with Crippen LogP contribution in [0.2, 0.25) is 10.0 Å². The summed E-state index contributed by atoms with van der Waals surface area (Å²) in [5.41, 5.74) is 6.35. The van der Waals surface area contributed by atoms with Gasteiger partial charge in [0.05, 0.1) is 10.7 Å². The Bertz CT molecular complexity index is 531. The fourth-order valence-electron chi connectivity index (χ4n) is 1.39. The van der Waals surface area contributed by atoms with E-state index in [2.05, 4.69) is 5.10 Å². The van der Waals surface area contributed by atoms with Gasteiger partial charge in [0, 0.05) is 0 Å². The number of benzene rings is 1. The third kappa shape index (κ3) is 1.64. The van der Waals surface area contributed by atoms with E-state index in [-0.39, 0.29) is 16.5 Å². The van der Waals surface area contributed by atoms with Gasteiger partial charge in [0.1, 0.15) is 22.3 Å². The van der Waals surface area contributed by atoms with Crippen LogP contribution in [-0.2, 0) is 0 Å². The SMILES string of the molecule is Cc1nn(-c2c(F)cccc2Cl)c(N)c1Cl. The Morgan fingerprint density at radius 3 is 2.56 bits per heavy atom. The number of hydrogen-bond donors (Lipinski definition) is 1. The van der Waals surface area contributed by atoms with Crippen molar-refractivity contribution < 1.29 is 4.39 Å². The fraction of sp³-hybridized carbons (Fsp3) is 0.100. The lowest BCUT2D eigenvalue weighted by atomic mass is 10.3. The zero-order chi connectivity index (χ0) is 11.9. The van der Waals surface area contributed by atoms with Gasteiger partial charge in [-0.15, -0.1) is 0 Å². The van der Waals surface area contributed by atoms with Gasteiger partial charge in [0.25, 0.3) is 0 Å². The first-order chi connectivity index (χ1) is 7.52. The molecule has 0 bridgehead atoms. The van der Waals surface area contributed by atoms with E-state index in [9.17, 15) is 4.39 Å². The van der Waals surface area contributed by atoms with Crippen LogP contribution < -0.4 is 5.73 Å². The van der Waals surface area contributed by atoms with Crippen LogP contribution in [0, 0.1) is 12.7 Å². The molecule has 0 aliphatic rings. The largest absolute Gasteiger partial charge is 0.382 e. The molecule has 6 heteroatoms. The summed E-state index contributed by atoms with van der Waals surface area (Å²) in [6, 6.07) is 4.35. The van der Waals surface area contributed by atoms with Crippen LogP contribution >= 0.6 is 23.2 Å². The van der Waals surface area contributed by atoms with Crippen LogP contribution in [0.3, 0.4) is 0 Å². The number of aromatic nitrogens is 2. The molecule has 0 radical (unpaired) electrons. The van der Waals surface area contributed by atoms with Crippen molar-refractivity contribution in [2.45, 2.75) is 6.92 Å². The van der Waals surface area contributed by atoms with Gasteiger partial charge in [-0.25, -0.2) is 9.07 Å². The molecule has 0 aliphatic heterocycles. The van der Waals surface area contributed by atoms with Crippen LogP contribution in [0.15, 0.2) is 18.2 Å². The van der Waals surface area contributed by atoms with Crippen LogP contribution in [0.4, 0.5) is 10.2 Å². The molecule has 3 nitrogen and oxygen atoms in total.